The third-order valence-electron chi connectivity index (χ3n) is 2.76. The van der Waals surface area contributed by atoms with Gasteiger partial charge in [0.2, 0.25) is 0 Å². The van der Waals surface area contributed by atoms with Gasteiger partial charge in [-0.2, -0.15) is 10.2 Å². The first-order valence-electron chi connectivity index (χ1n) is 5.91. The van der Waals surface area contributed by atoms with E-state index in [-0.39, 0.29) is 5.91 Å². The third kappa shape index (κ3) is 2.58. The lowest BCUT2D eigenvalue weighted by molar-refractivity contribution is 0.0945. The molecule has 6 nitrogen and oxygen atoms in total. The summed E-state index contributed by atoms with van der Waals surface area (Å²) in [6.07, 6.45) is 3.70. The Kier molecular flexibility index (Phi) is 3.45. The summed E-state index contributed by atoms with van der Waals surface area (Å²) >= 11 is 0. The first kappa shape index (κ1) is 12.3. The maximum atomic E-state index is 11.8. The van der Waals surface area contributed by atoms with E-state index in [1.54, 1.807) is 24.0 Å². The second kappa shape index (κ2) is 5.03. The van der Waals surface area contributed by atoms with Crippen LogP contribution in [0.15, 0.2) is 18.5 Å². The number of nitrogens with one attached hydrogen (secondary N) is 1. The van der Waals surface area contributed by atoms with Crippen molar-refractivity contribution in [1.82, 2.24) is 24.9 Å². The van der Waals surface area contributed by atoms with Crippen molar-refractivity contribution < 1.29 is 4.79 Å². The molecular formula is C12H17N5O. The molecule has 0 aromatic carbocycles. The van der Waals surface area contributed by atoms with E-state index in [1.807, 2.05) is 24.7 Å². The molecule has 0 saturated heterocycles. The number of aromatic nitrogens is 4. The molecule has 2 aromatic heterocycles. The SMILES string of the molecule is CCn1cc(CNC(=O)c2ccn(C)n2)c(C)n1. The Labute approximate surface area is 106 Å². The number of hydrogen-bond donors (Lipinski definition) is 1. The van der Waals surface area contributed by atoms with Gasteiger partial charge in [0.1, 0.15) is 5.69 Å². The van der Waals surface area contributed by atoms with E-state index in [2.05, 4.69) is 15.5 Å². The molecule has 2 aromatic rings. The van der Waals surface area contributed by atoms with E-state index in [0.717, 1.165) is 17.8 Å². The van der Waals surface area contributed by atoms with E-state index in [4.69, 9.17) is 0 Å². The van der Waals surface area contributed by atoms with Crippen molar-refractivity contribution in [3.05, 3.63) is 35.4 Å². The van der Waals surface area contributed by atoms with Crippen molar-refractivity contribution in [2.24, 2.45) is 7.05 Å². The van der Waals surface area contributed by atoms with Crippen LogP contribution in [0.5, 0.6) is 0 Å². The smallest absolute Gasteiger partial charge is 0.272 e. The first-order valence-corrected chi connectivity index (χ1v) is 5.91. The summed E-state index contributed by atoms with van der Waals surface area (Å²) in [6, 6.07) is 1.69. The Bertz CT molecular complexity index is 555. The van der Waals surface area contributed by atoms with Gasteiger partial charge < -0.3 is 5.32 Å². The molecule has 0 radical (unpaired) electrons. The molecule has 18 heavy (non-hydrogen) atoms. The van der Waals surface area contributed by atoms with Gasteiger partial charge in [0.15, 0.2) is 0 Å². The van der Waals surface area contributed by atoms with E-state index < -0.39 is 0 Å². The van der Waals surface area contributed by atoms with Crippen molar-refractivity contribution in [2.45, 2.75) is 26.9 Å². The summed E-state index contributed by atoms with van der Waals surface area (Å²) in [5.74, 6) is -0.167. The summed E-state index contributed by atoms with van der Waals surface area (Å²) in [7, 11) is 1.78. The van der Waals surface area contributed by atoms with Crippen molar-refractivity contribution in [2.75, 3.05) is 0 Å². The average Bonchev–Trinajstić information content (AvgIpc) is 2.92. The molecule has 0 saturated carbocycles. The lowest BCUT2D eigenvalue weighted by Gasteiger charge is -2.01. The predicted molar refractivity (Wildman–Crippen MR) is 67.0 cm³/mol. The third-order valence-corrected chi connectivity index (χ3v) is 2.76. The fourth-order valence-corrected chi connectivity index (χ4v) is 1.70. The molecular weight excluding hydrogens is 230 g/mol. The summed E-state index contributed by atoms with van der Waals surface area (Å²) in [6.45, 7) is 5.27. The largest absolute Gasteiger partial charge is 0.346 e. The summed E-state index contributed by atoms with van der Waals surface area (Å²) in [5.41, 5.74) is 2.40. The van der Waals surface area contributed by atoms with Gasteiger partial charge in [-0.1, -0.05) is 0 Å². The number of nitrogens with zero attached hydrogens (tertiary/aromatic N) is 4. The average molecular weight is 247 g/mol. The Morgan fingerprint density at radius 2 is 2.22 bits per heavy atom. The number of amides is 1. The Morgan fingerprint density at radius 1 is 1.44 bits per heavy atom. The van der Waals surface area contributed by atoms with Gasteiger partial charge in [0, 0.05) is 38.1 Å². The molecule has 2 rings (SSSR count). The van der Waals surface area contributed by atoms with Crippen LogP contribution in [0.3, 0.4) is 0 Å². The van der Waals surface area contributed by atoms with Gasteiger partial charge >= 0.3 is 0 Å². The lowest BCUT2D eigenvalue weighted by atomic mass is 10.2. The summed E-state index contributed by atoms with van der Waals surface area (Å²) in [5, 5.41) is 11.2. The summed E-state index contributed by atoms with van der Waals surface area (Å²) < 4.78 is 3.47. The van der Waals surface area contributed by atoms with Gasteiger partial charge in [0.25, 0.3) is 5.91 Å². The van der Waals surface area contributed by atoms with Crippen LogP contribution in [0.2, 0.25) is 0 Å². The Morgan fingerprint density at radius 3 is 2.78 bits per heavy atom. The minimum absolute atomic E-state index is 0.167. The summed E-state index contributed by atoms with van der Waals surface area (Å²) in [4.78, 5) is 11.8. The Balaban J connectivity index is 1.99. The molecule has 0 atom stereocenters. The zero-order valence-corrected chi connectivity index (χ0v) is 10.8. The standard InChI is InChI=1S/C12H17N5O/c1-4-17-8-10(9(2)14-17)7-13-12(18)11-5-6-16(3)15-11/h5-6,8H,4,7H2,1-3H3,(H,13,18). The fourth-order valence-electron chi connectivity index (χ4n) is 1.70. The quantitative estimate of drug-likeness (QED) is 0.872. The topological polar surface area (TPSA) is 64.7 Å². The van der Waals surface area contributed by atoms with Gasteiger partial charge in [-0.15, -0.1) is 0 Å². The highest BCUT2D eigenvalue weighted by molar-refractivity contribution is 5.92. The monoisotopic (exact) mass is 247 g/mol. The highest BCUT2D eigenvalue weighted by Gasteiger charge is 2.10. The van der Waals surface area contributed by atoms with Gasteiger partial charge in [-0.05, 0) is 19.9 Å². The van der Waals surface area contributed by atoms with Crippen molar-refractivity contribution in [1.29, 1.82) is 0 Å². The van der Waals surface area contributed by atoms with Gasteiger partial charge in [0.05, 0.1) is 5.69 Å². The number of carbonyl (C=O) groups is 1. The minimum atomic E-state index is -0.167. The van der Waals surface area contributed by atoms with Crippen molar-refractivity contribution in [3.63, 3.8) is 0 Å². The molecule has 0 aliphatic heterocycles. The molecule has 0 aliphatic carbocycles. The molecule has 96 valence electrons. The second-order valence-electron chi connectivity index (χ2n) is 4.15. The maximum absolute atomic E-state index is 11.8. The zero-order chi connectivity index (χ0) is 13.1. The van der Waals surface area contributed by atoms with Crippen LogP contribution >= 0.6 is 0 Å². The molecule has 6 heteroatoms. The number of aryl methyl sites for hydroxylation is 3. The second-order valence-corrected chi connectivity index (χ2v) is 4.15. The zero-order valence-electron chi connectivity index (χ0n) is 10.8. The van der Waals surface area contributed by atoms with E-state index >= 15 is 0 Å². The lowest BCUT2D eigenvalue weighted by Crippen LogP contribution is -2.23. The first-order chi connectivity index (χ1) is 8.60. The normalized spacial score (nSPS) is 10.6. The van der Waals surface area contributed by atoms with Crippen LogP contribution in [-0.2, 0) is 20.1 Å². The molecule has 0 bridgehead atoms. The molecule has 0 fully saturated rings. The van der Waals surface area contributed by atoms with Crippen molar-refractivity contribution >= 4 is 5.91 Å². The van der Waals surface area contributed by atoms with Crippen LogP contribution in [0, 0.1) is 6.92 Å². The number of hydrogen-bond acceptors (Lipinski definition) is 3. The van der Waals surface area contributed by atoms with Gasteiger partial charge in [-0.3, -0.25) is 14.2 Å². The predicted octanol–water partition coefficient (Wildman–Crippen LogP) is 0.875. The van der Waals surface area contributed by atoms with Crippen LogP contribution in [0.4, 0.5) is 0 Å². The fraction of sp³-hybridized carbons (Fsp3) is 0.417. The Hall–Kier alpha value is -2.11. The minimum Gasteiger partial charge on any atom is -0.346 e. The number of carbonyl (C=O) groups excluding carboxylic acids is 1. The van der Waals surface area contributed by atoms with Crippen LogP contribution in [0.25, 0.3) is 0 Å². The van der Waals surface area contributed by atoms with Crippen LogP contribution in [-0.4, -0.2) is 25.5 Å². The van der Waals surface area contributed by atoms with Crippen LogP contribution in [0.1, 0.15) is 28.7 Å². The van der Waals surface area contributed by atoms with E-state index in [0.29, 0.717) is 12.2 Å². The molecule has 0 unspecified atom stereocenters. The van der Waals surface area contributed by atoms with Gasteiger partial charge in [-0.25, -0.2) is 0 Å². The van der Waals surface area contributed by atoms with Crippen molar-refractivity contribution in [3.8, 4) is 0 Å². The molecule has 0 aliphatic rings. The molecule has 0 spiro atoms. The van der Waals surface area contributed by atoms with Crippen LogP contribution < -0.4 is 5.32 Å². The maximum Gasteiger partial charge on any atom is 0.272 e. The highest BCUT2D eigenvalue weighted by Crippen LogP contribution is 2.05. The molecule has 1 amide bonds. The molecule has 2 heterocycles. The number of rotatable bonds is 4. The van der Waals surface area contributed by atoms with E-state index in [9.17, 15) is 4.79 Å². The van der Waals surface area contributed by atoms with E-state index in [1.165, 1.54) is 0 Å². The molecule has 1 N–H and O–H groups in total. The highest BCUT2D eigenvalue weighted by atomic mass is 16.1.